The van der Waals surface area contributed by atoms with E-state index >= 15 is 0 Å². The van der Waals surface area contributed by atoms with Gasteiger partial charge in [0.1, 0.15) is 6.04 Å². The topological polar surface area (TPSA) is 55.6 Å². The standard InChI is InChI=1S/C11H24N2O2/c1-4-7-10(11(14)15-5-2)13(3)9-6-8-12/h10H,4-9,12H2,1-3H3. The highest BCUT2D eigenvalue weighted by atomic mass is 16.5. The molecule has 15 heavy (non-hydrogen) atoms. The lowest BCUT2D eigenvalue weighted by Gasteiger charge is -2.25. The van der Waals surface area contributed by atoms with Crippen molar-refractivity contribution in [2.75, 3.05) is 26.7 Å². The fraction of sp³-hybridized carbons (Fsp3) is 0.909. The Morgan fingerprint density at radius 2 is 2.13 bits per heavy atom. The van der Waals surface area contributed by atoms with E-state index in [-0.39, 0.29) is 12.0 Å². The van der Waals surface area contributed by atoms with Gasteiger partial charge in [0.15, 0.2) is 0 Å². The monoisotopic (exact) mass is 216 g/mol. The van der Waals surface area contributed by atoms with E-state index in [9.17, 15) is 4.79 Å². The normalized spacial score (nSPS) is 12.9. The third-order valence-electron chi connectivity index (χ3n) is 2.37. The second-order valence-electron chi connectivity index (χ2n) is 3.68. The Kier molecular flexibility index (Phi) is 8.33. The van der Waals surface area contributed by atoms with E-state index in [4.69, 9.17) is 10.5 Å². The summed E-state index contributed by atoms with van der Waals surface area (Å²) in [7, 11) is 1.95. The zero-order valence-electron chi connectivity index (χ0n) is 10.2. The van der Waals surface area contributed by atoms with Gasteiger partial charge in [-0.3, -0.25) is 9.69 Å². The van der Waals surface area contributed by atoms with Crippen molar-refractivity contribution in [3.05, 3.63) is 0 Å². The molecule has 0 amide bonds. The first-order valence-electron chi connectivity index (χ1n) is 5.74. The minimum atomic E-state index is -0.112. The fourth-order valence-corrected chi connectivity index (χ4v) is 1.53. The van der Waals surface area contributed by atoms with Gasteiger partial charge in [0, 0.05) is 0 Å². The number of nitrogens with zero attached hydrogens (tertiary/aromatic N) is 1. The van der Waals surface area contributed by atoms with Gasteiger partial charge in [-0.2, -0.15) is 0 Å². The van der Waals surface area contributed by atoms with Crippen molar-refractivity contribution >= 4 is 5.97 Å². The quantitative estimate of drug-likeness (QED) is 0.615. The number of ether oxygens (including phenoxy) is 1. The van der Waals surface area contributed by atoms with Crippen LogP contribution in [0.2, 0.25) is 0 Å². The SMILES string of the molecule is CCCC(C(=O)OCC)N(C)CCCN. The molecule has 0 heterocycles. The van der Waals surface area contributed by atoms with Gasteiger partial charge < -0.3 is 10.5 Å². The van der Waals surface area contributed by atoms with Gasteiger partial charge in [0.2, 0.25) is 0 Å². The average molecular weight is 216 g/mol. The van der Waals surface area contributed by atoms with Crippen LogP contribution in [0, 0.1) is 0 Å². The molecule has 0 aromatic heterocycles. The predicted molar refractivity (Wildman–Crippen MR) is 61.6 cm³/mol. The van der Waals surface area contributed by atoms with E-state index in [2.05, 4.69) is 6.92 Å². The molecule has 0 aliphatic rings. The number of nitrogens with two attached hydrogens (primary N) is 1. The molecule has 1 atom stereocenters. The van der Waals surface area contributed by atoms with Crippen LogP contribution in [-0.2, 0) is 9.53 Å². The third-order valence-corrected chi connectivity index (χ3v) is 2.37. The zero-order valence-corrected chi connectivity index (χ0v) is 10.2. The van der Waals surface area contributed by atoms with E-state index in [1.54, 1.807) is 0 Å². The van der Waals surface area contributed by atoms with Gasteiger partial charge in [-0.15, -0.1) is 0 Å². The van der Waals surface area contributed by atoms with Crippen LogP contribution >= 0.6 is 0 Å². The second kappa shape index (κ2) is 8.68. The number of carbonyl (C=O) groups is 1. The second-order valence-corrected chi connectivity index (χ2v) is 3.68. The average Bonchev–Trinajstić information content (AvgIpc) is 2.22. The van der Waals surface area contributed by atoms with Crippen LogP contribution in [0.1, 0.15) is 33.1 Å². The summed E-state index contributed by atoms with van der Waals surface area (Å²) in [6.45, 7) is 5.86. The van der Waals surface area contributed by atoms with Crippen molar-refractivity contribution in [2.24, 2.45) is 5.73 Å². The number of esters is 1. The number of rotatable bonds is 8. The highest BCUT2D eigenvalue weighted by Crippen LogP contribution is 2.07. The van der Waals surface area contributed by atoms with Crippen LogP contribution in [0.25, 0.3) is 0 Å². The molecule has 0 rings (SSSR count). The number of hydrogen-bond acceptors (Lipinski definition) is 4. The van der Waals surface area contributed by atoms with E-state index < -0.39 is 0 Å². The van der Waals surface area contributed by atoms with Crippen molar-refractivity contribution in [3.8, 4) is 0 Å². The summed E-state index contributed by atoms with van der Waals surface area (Å²) >= 11 is 0. The van der Waals surface area contributed by atoms with Gasteiger partial charge >= 0.3 is 5.97 Å². The minimum Gasteiger partial charge on any atom is -0.465 e. The molecule has 90 valence electrons. The highest BCUT2D eigenvalue weighted by Gasteiger charge is 2.22. The van der Waals surface area contributed by atoms with Crippen molar-refractivity contribution < 1.29 is 9.53 Å². The van der Waals surface area contributed by atoms with Gasteiger partial charge in [-0.05, 0) is 39.9 Å². The molecule has 0 aromatic carbocycles. The van der Waals surface area contributed by atoms with E-state index in [0.29, 0.717) is 13.2 Å². The fourth-order valence-electron chi connectivity index (χ4n) is 1.53. The summed E-state index contributed by atoms with van der Waals surface area (Å²) in [6.07, 6.45) is 2.74. The van der Waals surface area contributed by atoms with Gasteiger partial charge in [-0.25, -0.2) is 0 Å². The van der Waals surface area contributed by atoms with E-state index in [1.807, 2.05) is 18.9 Å². The molecule has 4 nitrogen and oxygen atoms in total. The summed E-state index contributed by atoms with van der Waals surface area (Å²) in [5.74, 6) is -0.112. The lowest BCUT2D eigenvalue weighted by atomic mass is 10.1. The van der Waals surface area contributed by atoms with E-state index in [0.717, 1.165) is 25.8 Å². The molecule has 0 radical (unpaired) electrons. The molecule has 1 unspecified atom stereocenters. The molecule has 0 aromatic rings. The Morgan fingerprint density at radius 3 is 2.60 bits per heavy atom. The molecule has 4 heteroatoms. The Labute approximate surface area is 92.8 Å². The van der Waals surface area contributed by atoms with E-state index in [1.165, 1.54) is 0 Å². The summed E-state index contributed by atoms with van der Waals surface area (Å²) in [6, 6.07) is -0.110. The maximum absolute atomic E-state index is 11.6. The highest BCUT2D eigenvalue weighted by molar-refractivity contribution is 5.75. The first-order chi connectivity index (χ1) is 7.17. The molecule has 0 bridgehead atoms. The Morgan fingerprint density at radius 1 is 1.47 bits per heavy atom. The first kappa shape index (κ1) is 14.4. The summed E-state index contributed by atoms with van der Waals surface area (Å²) in [4.78, 5) is 13.7. The molecule has 0 aliphatic carbocycles. The lowest BCUT2D eigenvalue weighted by molar-refractivity contribution is -0.149. The van der Waals surface area contributed by atoms with Crippen LogP contribution in [-0.4, -0.2) is 43.7 Å². The molecule has 2 N–H and O–H groups in total. The largest absolute Gasteiger partial charge is 0.465 e. The predicted octanol–water partition coefficient (Wildman–Crippen LogP) is 0.999. The zero-order chi connectivity index (χ0) is 11.7. The molecular formula is C11H24N2O2. The van der Waals surface area contributed by atoms with Crippen LogP contribution < -0.4 is 5.73 Å². The Bertz CT molecular complexity index is 174. The van der Waals surface area contributed by atoms with Crippen molar-refractivity contribution in [1.82, 2.24) is 4.90 Å². The maximum Gasteiger partial charge on any atom is 0.323 e. The van der Waals surface area contributed by atoms with Gasteiger partial charge in [0.05, 0.1) is 6.61 Å². The number of carbonyl (C=O) groups excluding carboxylic acids is 1. The van der Waals surface area contributed by atoms with Crippen LogP contribution in [0.3, 0.4) is 0 Å². The third kappa shape index (κ3) is 5.74. The molecule has 0 saturated carbocycles. The van der Waals surface area contributed by atoms with Crippen molar-refractivity contribution in [3.63, 3.8) is 0 Å². The molecule has 0 fully saturated rings. The Balaban J connectivity index is 4.16. The van der Waals surface area contributed by atoms with Crippen LogP contribution in [0.15, 0.2) is 0 Å². The van der Waals surface area contributed by atoms with Gasteiger partial charge in [-0.1, -0.05) is 13.3 Å². The molecule has 0 aliphatic heterocycles. The summed E-state index contributed by atoms with van der Waals surface area (Å²) in [5.41, 5.74) is 5.44. The van der Waals surface area contributed by atoms with Crippen LogP contribution in [0.4, 0.5) is 0 Å². The minimum absolute atomic E-state index is 0.110. The molecule has 0 spiro atoms. The van der Waals surface area contributed by atoms with Crippen LogP contribution in [0.5, 0.6) is 0 Å². The maximum atomic E-state index is 11.6. The lowest BCUT2D eigenvalue weighted by Crippen LogP contribution is -2.40. The van der Waals surface area contributed by atoms with Crippen molar-refractivity contribution in [2.45, 2.75) is 39.2 Å². The Hall–Kier alpha value is -0.610. The molecular weight excluding hydrogens is 192 g/mol. The first-order valence-corrected chi connectivity index (χ1v) is 5.74. The van der Waals surface area contributed by atoms with Crippen molar-refractivity contribution in [1.29, 1.82) is 0 Å². The summed E-state index contributed by atoms with van der Waals surface area (Å²) in [5, 5.41) is 0. The number of hydrogen-bond donors (Lipinski definition) is 1. The summed E-state index contributed by atoms with van der Waals surface area (Å²) < 4.78 is 5.05. The smallest absolute Gasteiger partial charge is 0.323 e. The van der Waals surface area contributed by atoms with Gasteiger partial charge in [0.25, 0.3) is 0 Å². The number of likely N-dealkylation sites (N-methyl/N-ethyl adjacent to an activating group) is 1. The molecule has 0 saturated heterocycles.